The topological polar surface area (TPSA) is 141 Å². The lowest BCUT2D eigenvalue weighted by molar-refractivity contribution is -0.121. The molecule has 16 heteroatoms. The van der Waals surface area contributed by atoms with Crippen molar-refractivity contribution in [2.45, 2.75) is 56.9 Å². The van der Waals surface area contributed by atoms with Crippen LogP contribution in [0.5, 0.6) is 0 Å². The molecule has 264 valence electrons. The van der Waals surface area contributed by atoms with Crippen LogP contribution < -0.4 is 16.4 Å². The fourth-order valence-corrected chi connectivity index (χ4v) is 5.16. The molecule has 50 heavy (non-hydrogen) atoms. The third kappa shape index (κ3) is 9.23. The summed E-state index contributed by atoms with van der Waals surface area (Å²) in [7, 11) is 0. The number of nitrogens with one attached hydrogen (secondary N) is 3. The standard InChI is InChI=1S/C34H29F8N5O3/c1-32(2,50)9-7-21-4-5-22(18-3-6-25(37)24(14-18)31(44)49)28(46-21)26(13-17-11-19(35)15-20(36)12-17)47-27(48)16-45-30-23(8-10-33(30,38)39)29(43)34(40,41)42/h3-6,11-12,14-15,26,43,45,50H,8,10,13,16H2,1-2H3,(H2,44,49)(H,47,48)/t26-/m0/s1. The maximum atomic E-state index is 14.6. The summed E-state index contributed by atoms with van der Waals surface area (Å²) in [5.41, 5.74) is -0.757. The number of nitrogens with zero attached hydrogens (tertiary/aromatic N) is 1. The number of hydrogen-bond acceptors (Lipinski definition) is 6. The predicted octanol–water partition coefficient (Wildman–Crippen LogP) is 5.64. The number of aromatic nitrogens is 1. The molecule has 2 amide bonds. The smallest absolute Gasteiger partial charge is 0.378 e. The molecular formula is C34H29F8N5O3. The number of primary amides is 1. The van der Waals surface area contributed by atoms with Crippen LogP contribution in [-0.2, 0) is 11.2 Å². The zero-order valence-corrected chi connectivity index (χ0v) is 26.3. The van der Waals surface area contributed by atoms with E-state index < -0.39 is 101 Å². The highest BCUT2D eigenvalue weighted by Gasteiger charge is 2.48. The van der Waals surface area contributed by atoms with Gasteiger partial charge >= 0.3 is 6.18 Å². The summed E-state index contributed by atoms with van der Waals surface area (Å²) in [6, 6.07) is 7.18. The number of nitrogens with two attached hydrogens (primary N) is 1. The molecule has 0 saturated carbocycles. The number of halogens is 8. The van der Waals surface area contributed by atoms with Crippen molar-refractivity contribution in [1.29, 1.82) is 5.41 Å². The van der Waals surface area contributed by atoms with E-state index in [1.807, 2.05) is 5.32 Å². The van der Waals surface area contributed by atoms with Crippen molar-refractivity contribution in [1.82, 2.24) is 15.6 Å². The summed E-state index contributed by atoms with van der Waals surface area (Å²) in [6.07, 6.45) is -7.45. The van der Waals surface area contributed by atoms with Crippen molar-refractivity contribution in [3.05, 3.63) is 99.8 Å². The Hall–Kier alpha value is -5.30. The Kier molecular flexibility index (Phi) is 10.7. The molecule has 4 rings (SSSR count). The molecule has 0 aliphatic heterocycles. The number of aliphatic hydroxyl groups is 1. The van der Waals surface area contributed by atoms with Gasteiger partial charge in [0.2, 0.25) is 5.91 Å². The van der Waals surface area contributed by atoms with Crippen molar-refractivity contribution >= 4 is 17.5 Å². The Morgan fingerprint density at radius 1 is 1.06 bits per heavy atom. The van der Waals surface area contributed by atoms with E-state index in [-0.39, 0.29) is 28.1 Å². The molecular weight excluding hydrogens is 678 g/mol. The van der Waals surface area contributed by atoms with Crippen LogP contribution in [0.4, 0.5) is 35.1 Å². The van der Waals surface area contributed by atoms with E-state index in [1.165, 1.54) is 32.0 Å². The van der Waals surface area contributed by atoms with Gasteiger partial charge in [-0.1, -0.05) is 12.0 Å². The van der Waals surface area contributed by atoms with E-state index in [1.54, 1.807) is 0 Å². The minimum atomic E-state index is -5.23. The lowest BCUT2D eigenvalue weighted by atomic mass is 9.94. The van der Waals surface area contributed by atoms with Crippen LogP contribution in [0.15, 0.2) is 59.8 Å². The van der Waals surface area contributed by atoms with Crippen LogP contribution in [0.3, 0.4) is 0 Å². The number of carbonyl (C=O) groups is 2. The van der Waals surface area contributed by atoms with Crippen LogP contribution in [0.25, 0.3) is 11.1 Å². The van der Waals surface area contributed by atoms with E-state index in [4.69, 9.17) is 11.1 Å². The van der Waals surface area contributed by atoms with Crippen LogP contribution in [0, 0.1) is 34.7 Å². The van der Waals surface area contributed by atoms with Gasteiger partial charge in [0.15, 0.2) is 0 Å². The molecule has 0 spiro atoms. The zero-order valence-electron chi connectivity index (χ0n) is 26.3. The first-order valence-electron chi connectivity index (χ1n) is 14.8. The average Bonchev–Trinajstić information content (AvgIpc) is 3.30. The fraction of sp³-hybridized carbons (Fsp3) is 0.294. The summed E-state index contributed by atoms with van der Waals surface area (Å²) in [4.78, 5) is 29.7. The van der Waals surface area contributed by atoms with Gasteiger partial charge in [-0.2, -0.15) is 22.0 Å². The summed E-state index contributed by atoms with van der Waals surface area (Å²) in [5, 5.41) is 22.0. The number of allylic oxidation sites excluding steroid dienone is 2. The number of alkyl halides is 5. The maximum Gasteiger partial charge on any atom is 0.433 e. The minimum absolute atomic E-state index is 0.0111. The molecule has 1 atom stereocenters. The molecule has 1 aromatic heterocycles. The zero-order chi connectivity index (χ0) is 37.2. The van der Waals surface area contributed by atoms with Gasteiger partial charge in [-0.25, -0.2) is 18.2 Å². The molecule has 8 nitrogen and oxygen atoms in total. The Morgan fingerprint density at radius 3 is 2.32 bits per heavy atom. The highest BCUT2D eigenvalue weighted by molar-refractivity contribution is 6.03. The van der Waals surface area contributed by atoms with Gasteiger partial charge in [-0.3, -0.25) is 15.0 Å². The Balaban J connectivity index is 1.82. The number of amides is 2. The lowest BCUT2D eigenvalue weighted by Gasteiger charge is -2.23. The van der Waals surface area contributed by atoms with Gasteiger partial charge < -0.3 is 21.5 Å². The third-order valence-corrected chi connectivity index (χ3v) is 7.36. The molecule has 6 N–H and O–H groups in total. The monoisotopic (exact) mass is 707 g/mol. The number of carbonyl (C=O) groups excluding carboxylic acids is 2. The maximum absolute atomic E-state index is 14.6. The van der Waals surface area contributed by atoms with Crippen molar-refractivity contribution in [3.63, 3.8) is 0 Å². The first kappa shape index (κ1) is 37.5. The van der Waals surface area contributed by atoms with Crippen molar-refractivity contribution < 1.29 is 49.8 Å². The third-order valence-electron chi connectivity index (χ3n) is 7.36. The Bertz CT molecular complexity index is 1920. The van der Waals surface area contributed by atoms with Crippen molar-refractivity contribution in [3.8, 4) is 23.0 Å². The Morgan fingerprint density at radius 2 is 1.72 bits per heavy atom. The molecule has 1 heterocycles. The van der Waals surface area contributed by atoms with Gasteiger partial charge in [0.1, 0.15) is 34.5 Å². The second-order valence-electron chi connectivity index (χ2n) is 11.9. The normalized spacial score (nSPS) is 14.9. The lowest BCUT2D eigenvalue weighted by Crippen LogP contribution is -2.40. The van der Waals surface area contributed by atoms with Crippen LogP contribution in [-0.4, -0.2) is 51.9 Å². The molecule has 0 unspecified atom stereocenters. The van der Waals surface area contributed by atoms with Crippen LogP contribution in [0.1, 0.15) is 60.0 Å². The molecule has 1 aliphatic carbocycles. The Labute approximate surface area is 280 Å². The molecule has 0 bridgehead atoms. The first-order valence-corrected chi connectivity index (χ1v) is 14.8. The SMILES string of the molecule is CC(C)(O)C#Cc1ccc(-c2ccc(F)c(C(N)=O)c2)c([C@H](Cc2cc(F)cc(F)c2)NC(=O)CNC2=C(C(=N)C(F)(F)F)CCC2(F)F)n1. The largest absolute Gasteiger partial charge is 0.433 e. The summed E-state index contributed by atoms with van der Waals surface area (Å²) >= 11 is 0. The quantitative estimate of drug-likeness (QED) is 0.105. The first-order chi connectivity index (χ1) is 23.1. The number of hydrogen-bond donors (Lipinski definition) is 5. The number of rotatable bonds is 10. The summed E-state index contributed by atoms with van der Waals surface area (Å²) in [5.74, 6) is -3.75. The van der Waals surface area contributed by atoms with Gasteiger partial charge in [0.25, 0.3) is 11.8 Å². The van der Waals surface area contributed by atoms with Gasteiger partial charge in [0, 0.05) is 23.6 Å². The van der Waals surface area contributed by atoms with E-state index in [9.17, 15) is 49.8 Å². The van der Waals surface area contributed by atoms with Crippen LogP contribution in [0.2, 0.25) is 0 Å². The average molecular weight is 708 g/mol. The second kappa shape index (κ2) is 14.3. The molecule has 0 saturated heterocycles. The van der Waals surface area contributed by atoms with Crippen molar-refractivity contribution in [2.24, 2.45) is 5.73 Å². The molecule has 3 aromatic rings. The van der Waals surface area contributed by atoms with Crippen LogP contribution >= 0.6 is 0 Å². The molecule has 0 fully saturated rings. The number of pyridine rings is 1. The van der Waals surface area contributed by atoms with E-state index in [0.717, 1.165) is 24.3 Å². The van der Waals surface area contributed by atoms with E-state index >= 15 is 0 Å². The molecule has 1 aliphatic rings. The highest BCUT2D eigenvalue weighted by Crippen LogP contribution is 2.41. The molecule has 0 radical (unpaired) electrons. The van der Waals surface area contributed by atoms with E-state index in [2.05, 4.69) is 22.1 Å². The second-order valence-corrected chi connectivity index (χ2v) is 11.9. The van der Waals surface area contributed by atoms with Gasteiger partial charge in [-0.05, 0) is 80.1 Å². The highest BCUT2D eigenvalue weighted by atomic mass is 19.4. The fourth-order valence-electron chi connectivity index (χ4n) is 5.16. The summed E-state index contributed by atoms with van der Waals surface area (Å²) < 4.78 is 112. The van der Waals surface area contributed by atoms with E-state index in [0.29, 0.717) is 6.07 Å². The number of benzene rings is 2. The summed E-state index contributed by atoms with van der Waals surface area (Å²) in [6.45, 7) is 1.75. The van der Waals surface area contributed by atoms with Gasteiger partial charge in [-0.15, -0.1) is 0 Å². The predicted molar refractivity (Wildman–Crippen MR) is 165 cm³/mol. The molecule has 2 aromatic carbocycles. The minimum Gasteiger partial charge on any atom is -0.378 e. The van der Waals surface area contributed by atoms with Gasteiger partial charge in [0.05, 0.1) is 29.5 Å². The van der Waals surface area contributed by atoms with Crippen molar-refractivity contribution in [2.75, 3.05) is 6.54 Å².